The van der Waals surface area contributed by atoms with Crippen molar-refractivity contribution < 1.29 is 19.4 Å². The van der Waals surface area contributed by atoms with E-state index in [1.54, 1.807) is 18.2 Å². The Hall–Kier alpha value is -2.08. The van der Waals surface area contributed by atoms with Gasteiger partial charge in [-0.2, -0.15) is 0 Å². The molecule has 1 aliphatic rings. The lowest BCUT2D eigenvalue weighted by molar-refractivity contribution is -0.145. The number of morpholine rings is 1. The first-order valence-corrected chi connectivity index (χ1v) is 6.03. The normalized spacial score (nSPS) is 19.2. The molecule has 0 aromatic heterocycles. The lowest BCUT2D eigenvalue weighted by atomic mass is 10.1. The van der Waals surface area contributed by atoms with Crippen molar-refractivity contribution in [3.63, 3.8) is 0 Å². The van der Waals surface area contributed by atoms with Crippen molar-refractivity contribution >= 4 is 11.8 Å². The molecule has 0 saturated carbocycles. The minimum Gasteiger partial charge on any atom is -0.508 e. The van der Waals surface area contributed by atoms with Gasteiger partial charge in [0, 0.05) is 12.1 Å². The second-order valence-corrected chi connectivity index (χ2v) is 4.41. The van der Waals surface area contributed by atoms with Gasteiger partial charge in [-0.15, -0.1) is 0 Å². The third-order valence-electron chi connectivity index (χ3n) is 3.07. The summed E-state index contributed by atoms with van der Waals surface area (Å²) in [4.78, 5) is 24.7. The Kier molecular flexibility index (Phi) is 4.01. The van der Waals surface area contributed by atoms with E-state index in [0.29, 0.717) is 18.7 Å². The highest BCUT2D eigenvalue weighted by molar-refractivity contribution is 5.82. The monoisotopic (exact) mass is 264 g/mol. The summed E-state index contributed by atoms with van der Waals surface area (Å²) in [6.45, 7) is 0.887. The predicted molar refractivity (Wildman–Crippen MR) is 67.3 cm³/mol. The number of aromatic hydroxyl groups is 1. The Morgan fingerprint density at radius 1 is 1.42 bits per heavy atom. The van der Waals surface area contributed by atoms with E-state index in [1.165, 1.54) is 11.0 Å². The molecule has 2 rings (SSSR count). The van der Waals surface area contributed by atoms with Crippen LogP contribution in [0.1, 0.15) is 5.56 Å². The first kappa shape index (κ1) is 13.4. The number of nitrogens with zero attached hydrogens (tertiary/aromatic N) is 1. The lowest BCUT2D eigenvalue weighted by Gasteiger charge is -2.31. The fourth-order valence-corrected chi connectivity index (χ4v) is 1.98. The van der Waals surface area contributed by atoms with Crippen LogP contribution in [0.25, 0.3) is 0 Å². The number of ether oxygens (including phenoxy) is 1. The van der Waals surface area contributed by atoms with E-state index in [4.69, 9.17) is 10.5 Å². The fraction of sp³-hybridized carbons (Fsp3) is 0.385. The van der Waals surface area contributed by atoms with Crippen molar-refractivity contribution in [3.05, 3.63) is 29.8 Å². The molecule has 1 atom stereocenters. The second kappa shape index (κ2) is 5.71. The molecular formula is C13H16N2O4. The molecule has 2 amide bonds. The standard InChI is InChI=1S/C13H16N2O4/c14-13(18)11-8-15(5-6-19-11)12(17)7-9-3-1-2-4-10(9)16/h1-4,11,16H,5-8H2,(H2,14,18). The van der Waals surface area contributed by atoms with Crippen molar-refractivity contribution in [2.75, 3.05) is 19.7 Å². The van der Waals surface area contributed by atoms with Crippen LogP contribution in [0.2, 0.25) is 0 Å². The predicted octanol–water partition coefficient (Wildman–Crippen LogP) is -0.353. The van der Waals surface area contributed by atoms with Gasteiger partial charge in [-0.3, -0.25) is 9.59 Å². The van der Waals surface area contributed by atoms with Crippen LogP contribution in [0.3, 0.4) is 0 Å². The Morgan fingerprint density at radius 3 is 2.84 bits per heavy atom. The van der Waals surface area contributed by atoms with Crippen molar-refractivity contribution in [2.45, 2.75) is 12.5 Å². The summed E-state index contributed by atoms with van der Waals surface area (Å²) in [5.41, 5.74) is 5.73. The summed E-state index contributed by atoms with van der Waals surface area (Å²) >= 11 is 0. The van der Waals surface area contributed by atoms with Gasteiger partial charge in [0.25, 0.3) is 0 Å². The van der Waals surface area contributed by atoms with Crippen LogP contribution < -0.4 is 5.73 Å². The van der Waals surface area contributed by atoms with Crippen LogP contribution in [-0.4, -0.2) is 47.6 Å². The molecule has 6 heteroatoms. The van der Waals surface area contributed by atoms with E-state index >= 15 is 0 Å². The van der Waals surface area contributed by atoms with Gasteiger partial charge in [-0.05, 0) is 6.07 Å². The molecule has 1 aromatic rings. The van der Waals surface area contributed by atoms with Crippen LogP contribution in [0, 0.1) is 0 Å². The molecule has 0 aliphatic carbocycles. The number of primary amides is 1. The van der Waals surface area contributed by atoms with Gasteiger partial charge in [0.05, 0.1) is 19.6 Å². The van der Waals surface area contributed by atoms with E-state index in [2.05, 4.69) is 0 Å². The van der Waals surface area contributed by atoms with Crippen LogP contribution in [0.4, 0.5) is 0 Å². The number of phenols is 1. The molecule has 1 unspecified atom stereocenters. The average molecular weight is 264 g/mol. The molecule has 19 heavy (non-hydrogen) atoms. The van der Waals surface area contributed by atoms with Crippen LogP contribution >= 0.6 is 0 Å². The zero-order valence-corrected chi connectivity index (χ0v) is 10.4. The van der Waals surface area contributed by atoms with Crippen molar-refractivity contribution in [3.8, 4) is 5.75 Å². The highest BCUT2D eigenvalue weighted by atomic mass is 16.5. The zero-order chi connectivity index (χ0) is 13.8. The third kappa shape index (κ3) is 3.23. The van der Waals surface area contributed by atoms with E-state index in [-0.39, 0.29) is 24.6 Å². The van der Waals surface area contributed by atoms with Crippen LogP contribution in [0.5, 0.6) is 5.75 Å². The van der Waals surface area contributed by atoms with Gasteiger partial charge in [0.1, 0.15) is 5.75 Å². The molecule has 6 nitrogen and oxygen atoms in total. The van der Waals surface area contributed by atoms with E-state index in [9.17, 15) is 14.7 Å². The number of nitrogens with two attached hydrogens (primary N) is 1. The minimum absolute atomic E-state index is 0.0931. The molecule has 1 fully saturated rings. The first-order chi connectivity index (χ1) is 9.08. The SMILES string of the molecule is NC(=O)C1CN(C(=O)Cc2ccccc2O)CCO1. The Bertz CT molecular complexity index is 489. The average Bonchev–Trinajstić information content (AvgIpc) is 2.41. The molecule has 102 valence electrons. The third-order valence-corrected chi connectivity index (χ3v) is 3.07. The zero-order valence-electron chi connectivity index (χ0n) is 10.4. The molecule has 1 aliphatic heterocycles. The van der Waals surface area contributed by atoms with Gasteiger partial charge < -0.3 is 20.5 Å². The number of amides is 2. The van der Waals surface area contributed by atoms with Crippen LogP contribution in [-0.2, 0) is 20.7 Å². The number of hydrogen-bond acceptors (Lipinski definition) is 4. The van der Waals surface area contributed by atoms with Crippen molar-refractivity contribution in [1.29, 1.82) is 0 Å². The van der Waals surface area contributed by atoms with E-state index in [0.717, 1.165) is 0 Å². The summed E-state index contributed by atoms with van der Waals surface area (Å²) in [7, 11) is 0. The fourth-order valence-electron chi connectivity index (χ4n) is 1.98. The Morgan fingerprint density at radius 2 is 2.16 bits per heavy atom. The summed E-state index contributed by atoms with van der Waals surface area (Å²) in [6.07, 6.45) is -0.653. The maximum atomic E-state index is 12.1. The van der Waals surface area contributed by atoms with Gasteiger partial charge in [0.15, 0.2) is 6.10 Å². The van der Waals surface area contributed by atoms with Gasteiger partial charge in [0.2, 0.25) is 11.8 Å². The van der Waals surface area contributed by atoms with Crippen molar-refractivity contribution in [2.24, 2.45) is 5.73 Å². The number of benzene rings is 1. The summed E-state index contributed by atoms with van der Waals surface area (Å²) in [6, 6.07) is 6.68. The quantitative estimate of drug-likeness (QED) is 0.780. The van der Waals surface area contributed by atoms with Gasteiger partial charge in [-0.1, -0.05) is 18.2 Å². The number of rotatable bonds is 3. The second-order valence-electron chi connectivity index (χ2n) is 4.41. The summed E-state index contributed by atoms with van der Waals surface area (Å²) in [5, 5.41) is 9.63. The molecule has 1 saturated heterocycles. The Balaban J connectivity index is 2.00. The summed E-state index contributed by atoms with van der Waals surface area (Å²) < 4.78 is 5.18. The van der Waals surface area contributed by atoms with Crippen LogP contribution in [0.15, 0.2) is 24.3 Å². The largest absolute Gasteiger partial charge is 0.508 e. The molecule has 0 spiro atoms. The lowest BCUT2D eigenvalue weighted by Crippen LogP contribution is -2.50. The number of carbonyl (C=O) groups is 2. The number of phenolic OH excluding ortho intramolecular Hbond substituents is 1. The molecular weight excluding hydrogens is 248 g/mol. The maximum Gasteiger partial charge on any atom is 0.248 e. The number of hydrogen-bond donors (Lipinski definition) is 2. The van der Waals surface area contributed by atoms with Gasteiger partial charge in [-0.25, -0.2) is 0 Å². The summed E-state index contributed by atoms with van der Waals surface area (Å²) in [5.74, 6) is -0.633. The number of carbonyl (C=O) groups excluding carboxylic acids is 2. The highest BCUT2D eigenvalue weighted by Gasteiger charge is 2.27. The Labute approximate surface area is 110 Å². The molecule has 0 bridgehead atoms. The molecule has 1 aromatic carbocycles. The maximum absolute atomic E-state index is 12.1. The first-order valence-electron chi connectivity index (χ1n) is 6.03. The van der Waals surface area contributed by atoms with E-state index < -0.39 is 12.0 Å². The topological polar surface area (TPSA) is 92.9 Å². The van der Waals surface area contributed by atoms with E-state index in [1.807, 2.05) is 0 Å². The molecule has 0 radical (unpaired) electrons. The highest BCUT2D eigenvalue weighted by Crippen LogP contribution is 2.17. The molecule has 1 heterocycles. The van der Waals surface area contributed by atoms with Crippen molar-refractivity contribution in [1.82, 2.24) is 4.90 Å². The molecule has 3 N–H and O–H groups in total. The number of para-hydroxylation sites is 1. The minimum atomic E-state index is -0.748. The smallest absolute Gasteiger partial charge is 0.248 e. The van der Waals surface area contributed by atoms with Gasteiger partial charge >= 0.3 is 0 Å².